The molecule has 2 rings (SSSR count). The van der Waals surface area contributed by atoms with Crippen molar-refractivity contribution in [2.45, 2.75) is 64.1 Å². The predicted molar refractivity (Wildman–Crippen MR) is 101 cm³/mol. The number of ether oxygens (including phenoxy) is 2. The SMILES string of the molecule is CCC1(NC(=O)OC(C)(C)C)CC(NC(=O)COc2ccc(Cl)cc2)C1. The summed E-state index contributed by atoms with van der Waals surface area (Å²) in [5, 5.41) is 6.49. The van der Waals surface area contributed by atoms with Crippen molar-refractivity contribution in [2.75, 3.05) is 6.61 Å². The fraction of sp³-hybridized carbons (Fsp3) is 0.579. The lowest BCUT2D eigenvalue weighted by Crippen LogP contribution is -2.64. The maximum atomic E-state index is 12.0. The Morgan fingerprint density at radius 1 is 1.23 bits per heavy atom. The highest BCUT2D eigenvalue weighted by atomic mass is 35.5. The summed E-state index contributed by atoms with van der Waals surface area (Å²) in [6.07, 6.45) is 1.71. The van der Waals surface area contributed by atoms with E-state index in [4.69, 9.17) is 21.1 Å². The lowest BCUT2D eigenvalue weighted by atomic mass is 9.71. The van der Waals surface area contributed by atoms with Crippen LogP contribution in [0.3, 0.4) is 0 Å². The van der Waals surface area contributed by atoms with Gasteiger partial charge in [0.2, 0.25) is 0 Å². The van der Waals surface area contributed by atoms with Gasteiger partial charge in [-0.15, -0.1) is 0 Å². The molecule has 1 saturated carbocycles. The van der Waals surface area contributed by atoms with Crippen molar-refractivity contribution in [3.63, 3.8) is 0 Å². The second-order valence-electron chi connectivity index (χ2n) is 7.68. The van der Waals surface area contributed by atoms with Crippen LogP contribution in [0.4, 0.5) is 4.79 Å². The van der Waals surface area contributed by atoms with Crippen molar-refractivity contribution < 1.29 is 19.1 Å². The van der Waals surface area contributed by atoms with Crippen LogP contribution < -0.4 is 15.4 Å². The van der Waals surface area contributed by atoms with Gasteiger partial charge in [0.25, 0.3) is 5.91 Å². The molecule has 144 valence electrons. The van der Waals surface area contributed by atoms with Crippen LogP contribution in [0.5, 0.6) is 5.75 Å². The molecule has 1 aromatic rings. The van der Waals surface area contributed by atoms with E-state index in [0.717, 1.165) is 6.42 Å². The third-order valence-corrected chi connectivity index (χ3v) is 4.52. The Morgan fingerprint density at radius 2 is 1.85 bits per heavy atom. The molecule has 2 amide bonds. The Balaban J connectivity index is 1.74. The van der Waals surface area contributed by atoms with E-state index in [1.807, 2.05) is 27.7 Å². The van der Waals surface area contributed by atoms with Crippen LogP contribution >= 0.6 is 11.6 Å². The molecule has 26 heavy (non-hydrogen) atoms. The van der Waals surface area contributed by atoms with Crippen LogP contribution in [-0.2, 0) is 9.53 Å². The first-order valence-corrected chi connectivity index (χ1v) is 9.17. The van der Waals surface area contributed by atoms with Crippen LogP contribution in [0.2, 0.25) is 5.02 Å². The van der Waals surface area contributed by atoms with E-state index >= 15 is 0 Å². The van der Waals surface area contributed by atoms with Gasteiger partial charge in [-0.3, -0.25) is 4.79 Å². The van der Waals surface area contributed by atoms with E-state index in [1.54, 1.807) is 24.3 Å². The summed E-state index contributed by atoms with van der Waals surface area (Å²) in [4.78, 5) is 24.0. The van der Waals surface area contributed by atoms with Crippen molar-refractivity contribution >= 4 is 23.6 Å². The first kappa shape index (κ1) is 20.4. The largest absolute Gasteiger partial charge is 0.484 e. The molecule has 0 spiro atoms. The van der Waals surface area contributed by atoms with Gasteiger partial charge in [0.15, 0.2) is 6.61 Å². The molecule has 2 N–H and O–H groups in total. The Hall–Kier alpha value is -1.95. The number of nitrogens with one attached hydrogen (secondary N) is 2. The van der Waals surface area contributed by atoms with Crippen LogP contribution in [0.25, 0.3) is 0 Å². The summed E-state index contributed by atoms with van der Waals surface area (Å²) in [5.41, 5.74) is -0.854. The van der Waals surface area contributed by atoms with Gasteiger partial charge in [0.1, 0.15) is 11.4 Å². The summed E-state index contributed by atoms with van der Waals surface area (Å²) in [7, 11) is 0. The van der Waals surface area contributed by atoms with E-state index < -0.39 is 11.7 Å². The average Bonchev–Trinajstić information content (AvgIpc) is 2.50. The van der Waals surface area contributed by atoms with Crippen molar-refractivity contribution in [2.24, 2.45) is 0 Å². The highest BCUT2D eigenvalue weighted by molar-refractivity contribution is 6.30. The minimum atomic E-state index is -0.532. The van der Waals surface area contributed by atoms with Gasteiger partial charge < -0.3 is 20.1 Å². The van der Waals surface area contributed by atoms with E-state index in [-0.39, 0.29) is 24.1 Å². The van der Waals surface area contributed by atoms with Gasteiger partial charge in [-0.2, -0.15) is 0 Å². The number of carbonyl (C=O) groups excluding carboxylic acids is 2. The van der Waals surface area contributed by atoms with E-state index in [9.17, 15) is 9.59 Å². The number of carbonyl (C=O) groups is 2. The van der Waals surface area contributed by atoms with Gasteiger partial charge in [0, 0.05) is 16.6 Å². The third-order valence-electron chi connectivity index (χ3n) is 4.27. The molecule has 1 fully saturated rings. The number of hydrogen-bond donors (Lipinski definition) is 2. The van der Waals surface area contributed by atoms with E-state index in [0.29, 0.717) is 23.6 Å². The Morgan fingerprint density at radius 3 is 2.38 bits per heavy atom. The molecule has 0 atom stereocenters. The second kappa shape index (κ2) is 8.16. The van der Waals surface area contributed by atoms with E-state index in [2.05, 4.69) is 10.6 Å². The fourth-order valence-electron chi connectivity index (χ4n) is 2.93. The normalized spacial score (nSPS) is 22.1. The van der Waals surface area contributed by atoms with Crippen LogP contribution in [0, 0.1) is 0 Å². The smallest absolute Gasteiger partial charge is 0.408 e. The molecule has 6 nitrogen and oxygen atoms in total. The van der Waals surface area contributed by atoms with Crippen LogP contribution in [0.15, 0.2) is 24.3 Å². The Bertz CT molecular complexity index is 634. The molecule has 0 saturated heterocycles. The quantitative estimate of drug-likeness (QED) is 0.786. The summed E-state index contributed by atoms with van der Waals surface area (Å²) < 4.78 is 10.7. The highest BCUT2D eigenvalue weighted by Crippen LogP contribution is 2.35. The number of alkyl carbamates (subject to hydrolysis) is 1. The molecule has 0 aliphatic heterocycles. The lowest BCUT2D eigenvalue weighted by molar-refractivity contribution is -0.124. The van der Waals surface area contributed by atoms with Crippen molar-refractivity contribution in [1.29, 1.82) is 0 Å². The molecule has 0 aromatic heterocycles. The van der Waals surface area contributed by atoms with E-state index in [1.165, 1.54) is 0 Å². The minimum absolute atomic E-state index is 0.0196. The zero-order valence-corrected chi connectivity index (χ0v) is 16.5. The molecule has 0 bridgehead atoms. The maximum absolute atomic E-state index is 12.0. The molecule has 1 aliphatic rings. The molecule has 1 aliphatic carbocycles. The highest BCUT2D eigenvalue weighted by Gasteiger charge is 2.45. The van der Waals surface area contributed by atoms with Crippen molar-refractivity contribution in [3.8, 4) is 5.75 Å². The number of halogens is 1. The standard InChI is InChI=1S/C19H27ClN2O4/c1-5-19(22-17(24)26-18(2,3)4)10-14(11-19)21-16(23)12-25-15-8-6-13(20)7-9-15/h6-9,14H,5,10-12H2,1-4H3,(H,21,23)(H,22,24). The molecule has 0 radical (unpaired) electrons. The average molecular weight is 383 g/mol. The van der Waals surface area contributed by atoms with Crippen molar-refractivity contribution in [3.05, 3.63) is 29.3 Å². The third kappa shape index (κ3) is 6.09. The molecule has 0 unspecified atom stereocenters. The molecule has 0 heterocycles. The minimum Gasteiger partial charge on any atom is -0.484 e. The monoisotopic (exact) mass is 382 g/mol. The topological polar surface area (TPSA) is 76.7 Å². The van der Waals surface area contributed by atoms with Crippen molar-refractivity contribution in [1.82, 2.24) is 10.6 Å². The summed E-state index contributed by atoms with van der Waals surface area (Å²) in [5.74, 6) is 0.402. The maximum Gasteiger partial charge on any atom is 0.408 e. The van der Waals surface area contributed by atoms with Gasteiger partial charge in [-0.1, -0.05) is 18.5 Å². The van der Waals surface area contributed by atoms with Gasteiger partial charge in [-0.05, 0) is 64.3 Å². The molecular weight excluding hydrogens is 356 g/mol. The summed E-state index contributed by atoms with van der Waals surface area (Å²) in [6.45, 7) is 7.44. The second-order valence-corrected chi connectivity index (χ2v) is 8.11. The Kier molecular flexibility index (Phi) is 6.39. The lowest BCUT2D eigenvalue weighted by Gasteiger charge is -2.47. The predicted octanol–water partition coefficient (Wildman–Crippen LogP) is 3.67. The first-order chi connectivity index (χ1) is 12.1. The first-order valence-electron chi connectivity index (χ1n) is 8.80. The zero-order chi connectivity index (χ0) is 19.4. The summed E-state index contributed by atoms with van der Waals surface area (Å²) >= 11 is 5.81. The van der Waals surface area contributed by atoms with Gasteiger partial charge in [-0.25, -0.2) is 4.79 Å². The number of amides is 2. The van der Waals surface area contributed by atoms with Crippen LogP contribution in [-0.4, -0.2) is 35.8 Å². The number of benzene rings is 1. The zero-order valence-electron chi connectivity index (χ0n) is 15.7. The van der Waals surface area contributed by atoms with Gasteiger partial charge in [0.05, 0.1) is 0 Å². The molecular formula is C19H27ClN2O4. The van der Waals surface area contributed by atoms with Crippen LogP contribution in [0.1, 0.15) is 47.0 Å². The number of rotatable bonds is 6. The molecule has 1 aromatic carbocycles. The Labute approximate surface area is 159 Å². The summed E-state index contributed by atoms with van der Waals surface area (Å²) in [6, 6.07) is 6.86. The fourth-order valence-corrected chi connectivity index (χ4v) is 3.06. The van der Waals surface area contributed by atoms with Gasteiger partial charge >= 0.3 is 6.09 Å². The molecule has 7 heteroatoms. The number of hydrogen-bond acceptors (Lipinski definition) is 4.